The van der Waals surface area contributed by atoms with Gasteiger partial charge in [-0.2, -0.15) is 0 Å². The van der Waals surface area contributed by atoms with E-state index in [1.54, 1.807) is 0 Å². The van der Waals surface area contributed by atoms with Crippen molar-refractivity contribution in [2.24, 2.45) is 5.73 Å². The van der Waals surface area contributed by atoms with Crippen molar-refractivity contribution in [3.05, 3.63) is 63.0 Å². The van der Waals surface area contributed by atoms with E-state index >= 15 is 0 Å². The lowest BCUT2D eigenvalue weighted by atomic mass is 9.91. The lowest BCUT2D eigenvalue weighted by Crippen LogP contribution is -2.35. The van der Waals surface area contributed by atoms with E-state index in [1.807, 2.05) is 4.90 Å². The average Bonchev–Trinajstić information content (AvgIpc) is 2.67. The first-order valence-corrected chi connectivity index (χ1v) is 8.85. The summed E-state index contributed by atoms with van der Waals surface area (Å²) in [5.74, 6) is -7.81. The maximum atomic E-state index is 13.7. The van der Waals surface area contributed by atoms with Crippen LogP contribution in [-0.2, 0) is 16.1 Å². The second-order valence-corrected chi connectivity index (χ2v) is 6.70. The summed E-state index contributed by atoms with van der Waals surface area (Å²) in [6, 6.07) is 2.43. The Labute approximate surface area is 163 Å². The van der Waals surface area contributed by atoms with Gasteiger partial charge in [0.25, 0.3) is 0 Å². The molecule has 2 heterocycles. The second kappa shape index (κ2) is 8.66. The molecule has 1 fully saturated rings. The van der Waals surface area contributed by atoms with Crippen LogP contribution in [0.25, 0.3) is 0 Å². The number of ether oxygens (including phenoxy) is 1. The van der Waals surface area contributed by atoms with Gasteiger partial charge in [0.1, 0.15) is 5.76 Å². The van der Waals surface area contributed by atoms with Crippen molar-refractivity contribution in [1.29, 1.82) is 0 Å². The number of benzene rings is 1. The number of halogens is 3. The van der Waals surface area contributed by atoms with Crippen LogP contribution in [0.4, 0.5) is 13.2 Å². The van der Waals surface area contributed by atoms with E-state index in [1.165, 1.54) is 0 Å². The summed E-state index contributed by atoms with van der Waals surface area (Å²) >= 11 is 0. The molecule has 1 amide bonds. The van der Waals surface area contributed by atoms with Gasteiger partial charge in [0, 0.05) is 25.6 Å². The van der Waals surface area contributed by atoms with Gasteiger partial charge >= 0.3 is 0 Å². The van der Waals surface area contributed by atoms with Crippen LogP contribution < -0.4 is 11.2 Å². The van der Waals surface area contributed by atoms with Crippen molar-refractivity contribution in [2.45, 2.75) is 18.9 Å². The van der Waals surface area contributed by atoms with Gasteiger partial charge < -0.3 is 20.0 Å². The van der Waals surface area contributed by atoms with Gasteiger partial charge in [-0.25, -0.2) is 13.2 Å². The number of aromatic hydroxyl groups is 1. The van der Waals surface area contributed by atoms with E-state index in [-0.39, 0.29) is 23.6 Å². The molecule has 3 rings (SSSR count). The van der Waals surface area contributed by atoms with Gasteiger partial charge in [-0.1, -0.05) is 0 Å². The lowest BCUT2D eigenvalue weighted by Gasteiger charge is -2.26. The summed E-state index contributed by atoms with van der Waals surface area (Å²) < 4.78 is 51.7. The van der Waals surface area contributed by atoms with E-state index in [0.29, 0.717) is 38.4 Å². The Bertz CT molecular complexity index is 950. The van der Waals surface area contributed by atoms with Crippen LogP contribution in [0.1, 0.15) is 29.4 Å². The van der Waals surface area contributed by atoms with Crippen LogP contribution in [0.15, 0.2) is 27.4 Å². The number of morpholine rings is 1. The fourth-order valence-electron chi connectivity index (χ4n) is 3.19. The molecule has 10 heteroatoms. The Kier molecular flexibility index (Phi) is 6.23. The third kappa shape index (κ3) is 4.77. The molecule has 0 unspecified atom stereocenters. The molecule has 1 aliphatic rings. The smallest absolute Gasteiger partial charge is 0.227 e. The van der Waals surface area contributed by atoms with Crippen molar-refractivity contribution in [3.8, 4) is 5.75 Å². The van der Waals surface area contributed by atoms with Crippen LogP contribution in [0.3, 0.4) is 0 Å². The fourth-order valence-corrected chi connectivity index (χ4v) is 3.19. The van der Waals surface area contributed by atoms with Crippen LogP contribution >= 0.6 is 0 Å². The van der Waals surface area contributed by atoms with Crippen LogP contribution in [0.5, 0.6) is 5.75 Å². The Morgan fingerprint density at radius 2 is 1.79 bits per heavy atom. The highest BCUT2D eigenvalue weighted by Crippen LogP contribution is 2.34. The summed E-state index contributed by atoms with van der Waals surface area (Å²) in [5, 5.41) is 10.2. The number of carbonyl (C=O) groups excluding carboxylic acids is 1. The van der Waals surface area contributed by atoms with Gasteiger partial charge in [0.15, 0.2) is 23.2 Å². The molecule has 1 aromatic carbocycles. The van der Waals surface area contributed by atoms with Gasteiger partial charge in [0.2, 0.25) is 17.1 Å². The van der Waals surface area contributed by atoms with E-state index in [0.717, 1.165) is 6.07 Å². The summed E-state index contributed by atoms with van der Waals surface area (Å²) in [6.07, 6.45) is -0.526. The van der Waals surface area contributed by atoms with E-state index in [4.69, 9.17) is 14.9 Å². The second-order valence-electron chi connectivity index (χ2n) is 6.70. The topological polar surface area (TPSA) is 106 Å². The first kappa shape index (κ1) is 20.9. The van der Waals surface area contributed by atoms with Crippen molar-refractivity contribution in [2.75, 3.05) is 26.3 Å². The van der Waals surface area contributed by atoms with Crippen molar-refractivity contribution in [3.63, 3.8) is 0 Å². The number of rotatable bonds is 6. The number of primary amides is 1. The fraction of sp³-hybridized carbons (Fsp3) is 0.368. The summed E-state index contributed by atoms with van der Waals surface area (Å²) in [4.78, 5) is 25.7. The van der Waals surface area contributed by atoms with E-state index in [2.05, 4.69) is 0 Å². The molecule has 2 aromatic rings. The SMILES string of the molecule is NC(=O)C[C@H](c1cc(F)c(F)c(F)c1)c1oc(CN2CCOCC2)cc(=O)c1O. The maximum absolute atomic E-state index is 13.7. The highest BCUT2D eigenvalue weighted by molar-refractivity contribution is 5.75. The van der Waals surface area contributed by atoms with Crippen LogP contribution in [0, 0.1) is 17.5 Å². The van der Waals surface area contributed by atoms with Gasteiger partial charge in [-0.05, 0) is 17.7 Å². The number of carbonyl (C=O) groups is 1. The molecule has 0 aliphatic carbocycles. The first-order valence-electron chi connectivity index (χ1n) is 8.85. The molecule has 0 radical (unpaired) electrons. The molecule has 29 heavy (non-hydrogen) atoms. The zero-order chi connectivity index (χ0) is 21.1. The molecular formula is C19H19F3N2O5. The highest BCUT2D eigenvalue weighted by Gasteiger charge is 2.28. The predicted octanol–water partition coefficient (Wildman–Crippen LogP) is 1.60. The third-order valence-electron chi connectivity index (χ3n) is 4.61. The highest BCUT2D eigenvalue weighted by atomic mass is 19.2. The average molecular weight is 412 g/mol. The molecule has 7 nitrogen and oxygen atoms in total. The Balaban J connectivity index is 2.05. The standard InChI is InChI=1S/C19H19F3N2O5/c20-13-5-10(6-14(21)17(13)22)12(8-16(23)26)19-18(27)15(25)7-11(29-19)9-24-1-3-28-4-2-24/h5-7,12,27H,1-4,8-9H2,(H2,23,26)/t12-/m1/s1. The Morgan fingerprint density at radius 3 is 2.38 bits per heavy atom. The number of nitrogens with zero attached hydrogens (tertiary/aromatic N) is 1. The Morgan fingerprint density at radius 1 is 1.17 bits per heavy atom. The maximum Gasteiger partial charge on any atom is 0.227 e. The normalized spacial score (nSPS) is 16.0. The Hall–Kier alpha value is -2.85. The largest absolute Gasteiger partial charge is 0.502 e. The van der Waals surface area contributed by atoms with Crippen LogP contribution in [0.2, 0.25) is 0 Å². The molecular weight excluding hydrogens is 393 g/mol. The molecule has 1 aliphatic heterocycles. The van der Waals surface area contributed by atoms with E-state index in [9.17, 15) is 27.9 Å². The van der Waals surface area contributed by atoms with Crippen molar-refractivity contribution in [1.82, 2.24) is 4.90 Å². The molecule has 3 N–H and O–H groups in total. The van der Waals surface area contributed by atoms with Gasteiger partial charge in [0.05, 0.1) is 25.7 Å². The summed E-state index contributed by atoms with van der Waals surface area (Å²) in [7, 11) is 0. The first-order chi connectivity index (χ1) is 13.8. The van der Waals surface area contributed by atoms with Crippen molar-refractivity contribution < 1.29 is 32.2 Å². The third-order valence-corrected chi connectivity index (χ3v) is 4.61. The molecule has 0 saturated carbocycles. The summed E-state index contributed by atoms with van der Waals surface area (Å²) in [6.45, 7) is 2.43. The van der Waals surface area contributed by atoms with Gasteiger partial charge in [-0.15, -0.1) is 0 Å². The molecule has 1 aromatic heterocycles. The molecule has 1 atom stereocenters. The molecule has 1 saturated heterocycles. The number of nitrogens with two attached hydrogens (primary N) is 1. The van der Waals surface area contributed by atoms with E-state index < -0.39 is 46.9 Å². The monoisotopic (exact) mass is 412 g/mol. The zero-order valence-corrected chi connectivity index (χ0v) is 15.3. The number of hydrogen-bond acceptors (Lipinski definition) is 6. The molecule has 0 spiro atoms. The van der Waals surface area contributed by atoms with Gasteiger partial charge in [-0.3, -0.25) is 14.5 Å². The summed E-state index contributed by atoms with van der Waals surface area (Å²) in [5.41, 5.74) is 4.23. The lowest BCUT2D eigenvalue weighted by molar-refractivity contribution is -0.118. The predicted molar refractivity (Wildman–Crippen MR) is 94.7 cm³/mol. The minimum Gasteiger partial charge on any atom is -0.502 e. The minimum absolute atomic E-state index is 0.183. The minimum atomic E-state index is -1.68. The zero-order valence-electron chi connectivity index (χ0n) is 15.3. The quantitative estimate of drug-likeness (QED) is 0.699. The number of hydrogen-bond donors (Lipinski definition) is 2. The van der Waals surface area contributed by atoms with Crippen LogP contribution in [-0.4, -0.2) is 42.2 Å². The number of amides is 1. The molecule has 0 bridgehead atoms. The molecule has 156 valence electrons. The van der Waals surface area contributed by atoms with Crippen molar-refractivity contribution >= 4 is 5.91 Å².